The molecule has 4 rings (SSSR count). The van der Waals surface area contributed by atoms with Gasteiger partial charge >= 0.3 is 5.76 Å². The number of hydrogen-bond donors (Lipinski definition) is 3. The highest BCUT2D eigenvalue weighted by molar-refractivity contribution is 7.93. The Labute approximate surface area is 180 Å². The molecule has 32 heavy (non-hydrogen) atoms. The summed E-state index contributed by atoms with van der Waals surface area (Å²) in [5, 5.41) is 7.17. The van der Waals surface area contributed by atoms with E-state index in [0.717, 1.165) is 0 Å². The fourth-order valence-electron chi connectivity index (χ4n) is 3.04. The summed E-state index contributed by atoms with van der Waals surface area (Å²) in [6.07, 6.45) is 1.52. The van der Waals surface area contributed by atoms with Gasteiger partial charge in [0.05, 0.1) is 11.1 Å². The van der Waals surface area contributed by atoms with Crippen LogP contribution in [0.3, 0.4) is 0 Å². The Morgan fingerprint density at radius 3 is 2.59 bits per heavy atom. The van der Waals surface area contributed by atoms with Crippen molar-refractivity contribution in [3.8, 4) is 16.9 Å². The third-order valence-corrected chi connectivity index (χ3v) is 5.54. The van der Waals surface area contributed by atoms with Crippen molar-refractivity contribution in [3.05, 3.63) is 66.1 Å². The average molecular weight is 463 g/mol. The lowest BCUT2D eigenvalue weighted by molar-refractivity contribution is 0.236. The van der Waals surface area contributed by atoms with Crippen LogP contribution in [0.2, 0.25) is 0 Å². The van der Waals surface area contributed by atoms with E-state index in [9.17, 15) is 21.6 Å². The van der Waals surface area contributed by atoms with E-state index in [1.165, 1.54) is 48.7 Å². The molecule has 0 amide bonds. The Morgan fingerprint density at radius 2 is 1.88 bits per heavy atom. The molecule has 0 radical (unpaired) electrons. The average Bonchev–Trinajstić information content (AvgIpc) is 3.15. The van der Waals surface area contributed by atoms with Crippen LogP contribution < -0.4 is 15.2 Å². The highest BCUT2D eigenvalue weighted by Crippen LogP contribution is 2.36. The SMILES string of the molecule is Nc1[nH]nc2nccc(-c3ccc(NS(=O)(=O)C(F)F)c(OCc4ccc(F)cc4)c3)c12. The number of aromatic nitrogens is 3. The maximum absolute atomic E-state index is 13.1. The minimum absolute atomic E-state index is 0.0110. The van der Waals surface area contributed by atoms with Crippen molar-refractivity contribution < 1.29 is 26.3 Å². The predicted octanol–water partition coefficient (Wildman–Crippen LogP) is 3.89. The molecule has 0 spiro atoms. The van der Waals surface area contributed by atoms with Gasteiger partial charge in [-0.25, -0.2) is 17.8 Å². The summed E-state index contributed by atoms with van der Waals surface area (Å²) in [6, 6.07) is 11.4. The quantitative estimate of drug-likeness (QED) is 0.382. The van der Waals surface area contributed by atoms with Crippen LogP contribution in [0.4, 0.5) is 24.7 Å². The van der Waals surface area contributed by atoms with Crippen molar-refractivity contribution in [3.63, 3.8) is 0 Å². The van der Waals surface area contributed by atoms with Crippen LogP contribution in [0.5, 0.6) is 5.75 Å². The Kier molecular flexibility index (Phi) is 5.61. The molecule has 0 bridgehead atoms. The first-order valence-electron chi connectivity index (χ1n) is 9.14. The zero-order chi connectivity index (χ0) is 22.9. The standard InChI is InChI=1S/C20H16F3N5O3S/c21-13-4-1-11(2-5-13)10-31-16-9-12(3-6-15(16)28-32(29,30)20(22)23)14-7-8-25-19-17(14)18(24)26-27-19/h1-9,20,28H,10H2,(H3,24,25,26,27). The summed E-state index contributed by atoms with van der Waals surface area (Å²) in [7, 11) is -4.93. The van der Waals surface area contributed by atoms with Crippen molar-refractivity contribution in [2.24, 2.45) is 0 Å². The number of nitrogens with two attached hydrogens (primary N) is 1. The van der Waals surface area contributed by atoms with Crippen LogP contribution >= 0.6 is 0 Å². The first kappa shape index (κ1) is 21.4. The fraction of sp³-hybridized carbons (Fsp3) is 0.100. The summed E-state index contributed by atoms with van der Waals surface area (Å²) in [4.78, 5) is 4.12. The summed E-state index contributed by atoms with van der Waals surface area (Å²) < 4.78 is 69.9. The van der Waals surface area contributed by atoms with Crippen LogP contribution in [-0.4, -0.2) is 29.4 Å². The molecule has 0 saturated heterocycles. The third-order valence-electron chi connectivity index (χ3n) is 4.57. The number of rotatable bonds is 7. The number of nitrogens with zero attached hydrogens (tertiary/aromatic N) is 2. The van der Waals surface area contributed by atoms with Gasteiger partial charge in [0.1, 0.15) is 24.0 Å². The molecule has 2 aromatic carbocycles. The molecular formula is C20H16F3N5O3S. The number of nitrogen functional groups attached to an aromatic ring is 1. The summed E-state index contributed by atoms with van der Waals surface area (Å²) in [6.45, 7) is -0.0628. The van der Waals surface area contributed by atoms with Crippen molar-refractivity contribution in [1.82, 2.24) is 15.2 Å². The Hall–Kier alpha value is -3.80. The third kappa shape index (κ3) is 4.30. The van der Waals surface area contributed by atoms with Crippen LogP contribution in [0.1, 0.15) is 5.56 Å². The molecule has 4 N–H and O–H groups in total. The van der Waals surface area contributed by atoms with Crippen molar-refractivity contribution in [2.75, 3.05) is 10.5 Å². The van der Waals surface area contributed by atoms with Gasteiger partial charge in [-0.05, 0) is 47.0 Å². The van der Waals surface area contributed by atoms with Gasteiger partial charge in [0.15, 0.2) is 5.65 Å². The Balaban J connectivity index is 1.75. The molecule has 0 saturated carbocycles. The van der Waals surface area contributed by atoms with E-state index in [4.69, 9.17) is 10.5 Å². The zero-order valence-corrected chi connectivity index (χ0v) is 17.0. The number of nitrogens with one attached hydrogen (secondary N) is 2. The lowest BCUT2D eigenvalue weighted by Crippen LogP contribution is -2.21. The lowest BCUT2D eigenvalue weighted by atomic mass is 10.0. The van der Waals surface area contributed by atoms with E-state index in [2.05, 4.69) is 15.2 Å². The normalized spacial score (nSPS) is 11.8. The number of ether oxygens (including phenoxy) is 1. The number of halogens is 3. The molecule has 2 heterocycles. The molecule has 8 nitrogen and oxygen atoms in total. The topological polar surface area (TPSA) is 123 Å². The number of sulfonamides is 1. The highest BCUT2D eigenvalue weighted by Gasteiger charge is 2.25. The molecule has 12 heteroatoms. The Morgan fingerprint density at radius 1 is 1.12 bits per heavy atom. The number of aromatic amines is 1. The number of hydrogen-bond acceptors (Lipinski definition) is 6. The van der Waals surface area contributed by atoms with Gasteiger partial charge in [-0.2, -0.15) is 13.9 Å². The van der Waals surface area contributed by atoms with Crippen LogP contribution in [0.25, 0.3) is 22.2 Å². The molecule has 166 valence electrons. The second-order valence-corrected chi connectivity index (χ2v) is 8.38. The number of H-pyrrole nitrogens is 1. The van der Waals surface area contributed by atoms with E-state index in [1.54, 1.807) is 6.07 Å². The molecule has 0 aliphatic rings. The first-order chi connectivity index (χ1) is 15.2. The van der Waals surface area contributed by atoms with Gasteiger partial charge < -0.3 is 10.5 Å². The molecule has 0 aliphatic heterocycles. The van der Waals surface area contributed by atoms with E-state index in [-0.39, 0.29) is 23.9 Å². The van der Waals surface area contributed by atoms with Crippen molar-refractivity contribution in [1.29, 1.82) is 0 Å². The zero-order valence-electron chi connectivity index (χ0n) is 16.2. The highest BCUT2D eigenvalue weighted by atomic mass is 32.2. The van der Waals surface area contributed by atoms with Crippen LogP contribution in [-0.2, 0) is 16.6 Å². The van der Waals surface area contributed by atoms with Crippen LogP contribution in [0.15, 0.2) is 54.7 Å². The smallest absolute Gasteiger partial charge is 0.355 e. The van der Waals surface area contributed by atoms with Gasteiger partial charge in [-0.1, -0.05) is 18.2 Å². The molecule has 0 fully saturated rings. The monoisotopic (exact) mass is 463 g/mol. The lowest BCUT2D eigenvalue weighted by Gasteiger charge is -2.15. The number of fused-ring (bicyclic) bond motifs is 1. The van der Waals surface area contributed by atoms with E-state index >= 15 is 0 Å². The summed E-state index contributed by atoms with van der Waals surface area (Å²) >= 11 is 0. The summed E-state index contributed by atoms with van der Waals surface area (Å²) in [5.74, 6) is -3.79. The largest absolute Gasteiger partial charge is 0.487 e. The number of benzene rings is 2. The minimum Gasteiger partial charge on any atom is -0.487 e. The second kappa shape index (κ2) is 8.38. The number of anilines is 2. The Bertz CT molecular complexity index is 1380. The van der Waals surface area contributed by atoms with Gasteiger partial charge in [0.25, 0.3) is 10.0 Å². The van der Waals surface area contributed by atoms with Gasteiger partial charge in [-0.3, -0.25) is 9.82 Å². The van der Waals surface area contributed by atoms with E-state index in [0.29, 0.717) is 27.7 Å². The second-order valence-electron chi connectivity index (χ2n) is 6.73. The first-order valence-corrected chi connectivity index (χ1v) is 10.7. The molecule has 0 aliphatic carbocycles. The van der Waals surface area contributed by atoms with Gasteiger partial charge in [0, 0.05) is 6.20 Å². The van der Waals surface area contributed by atoms with Crippen molar-refractivity contribution in [2.45, 2.75) is 12.4 Å². The van der Waals surface area contributed by atoms with Gasteiger partial charge in [0.2, 0.25) is 0 Å². The van der Waals surface area contributed by atoms with E-state index < -0.39 is 21.6 Å². The number of alkyl halides is 2. The fourth-order valence-corrected chi connectivity index (χ4v) is 3.61. The summed E-state index contributed by atoms with van der Waals surface area (Å²) in [5.41, 5.74) is 7.91. The van der Waals surface area contributed by atoms with E-state index in [1.807, 2.05) is 4.72 Å². The maximum atomic E-state index is 13.1. The molecule has 4 aromatic rings. The van der Waals surface area contributed by atoms with Gasteiger partial charge in [-0.15, -0.1) is 0 Å². The van der Waals surface area contributed by atoms with Crippen LogP contribution in [0, 0.1) is 5.82 Å². The maximum Gasteiger partial charge on any atom is 0.355 e. The molecule has 2 aromatic heterocycles. The molecular weight excluding hydrogens is 447 g/mol. The minimum atomic E-state index is -4.93. The van der Waals surface area contributed by atoms with Crippen molar-refractivity contribution >= 4 is 32.6 Å². The number of pyridine rings is 1. The predicted molar refractivity (Wildman–Crippen MR) is 113 cm³/mol. The molecule has 0 unspecified atom stereocenters. The molecule has 0 atom stereocenters.